The van der Waals surface area contributed by atoms with Gasteiger partial charge in [-0.25, -0.2) is 0 Å². The molecule has 3 rings (SSSR count). The second-order valence-electron chi connectivity index (χ2n) is 7.42. The molecule has 1 heterocycles. The van der Waals surface area contributed by atoms with Gasteiger partial charge >= 0.3 is 0 Å². The molecular formula is C21H27N4O3+. The number of anilines is 1. The first-order chi connectivity index (χ1) is 13.5. The third-order valence-corrected chi connectivity index (χ3v) is 5.36. The number of nitro groups is 1. The maximum atomic E-state index is 12.5. The minimum absolute atomic E-state index is 0.0167. The lowest BCUT2D eigenvalue weighted by Gasteiger charge is -2.26. The maximum absolute atomic E-state index is 12.5. The zero-order valence-electron chi connectivity index (χ0n) is 16.4. The van der Waals surface area contributed by atoms with Gasteiger partial charge in [0.2, 0.25) is 0 Å². The molecule has 1 aliphatic heterocycles. The summed E-state index contributed by atoms with van der Waals surface area (Å²) in [6.45, 7) is 2.74. The molecular weight excluding hydrogens is 356 g/mol. The van der Waals surface area contributed by atoms with E-state index < -0.39 is 4.92 Å². The Labute approximate surface area is 165 Å². The van der Waals surface area contributed by atoms with Gasteiger partial charge in [0.25, 0.3) is 11.6 Å². The third-order valence-electron chi connectivity index (χ3n) is 5.36. The largest absolute Gasteiger partial charge is 0.378 e. The lowest BCUT2D eigenvalue weighted by Crippen LogP contribution is -3.11. The number of nitro benzene ring substituents is 1. The van der Waals surface area contributed by atoms with E-state index in [9.17, 15) is 14.9 Å². The lowest BCUT2D eigenvalue weighted by atomic mass is 10.0. The molecule has 7 nitrogen and oxygen atoms in total. The van der Waals surface area contributed by atoms with E-state index in [1.54, 1.807) is 0 Å². The zero-order chi connectivity index (χ0) is 20.1. The Kier molecular flexibility index (Phi) is 6.26. The van der Waals surface area contributed by atoms with Crippen LogP contribution >= 0.6 is 0 Å². The van der Waals surface area contributed by atoms with Crippen LogP contribution in [0.3, 0.4) is 0 Å². The van der Waals surface area contributed by atoms with E-state index >= 15 is 0 Å². The standard InChI is InChI=1S/C21H26N4O3/c1-23(2)18-9-5-16(6-10-18)20(24-13-3-4-14-24)15-22-21(26)17-7-11-19(12-8-17)25(27)28/h5-12,20H,3-4,13-15H2,1-2H3,(H,22,26)/p+1/t20-/m1/s1. The van der Waals surface area contributed by atoms with Crippen molar-refractivity contribution in [2.75, 3.05) is 38.6 Å². The van der Waals surface area contributed by atoms with E-state index in [1.165, 1.54) is 47.6 Å². The predicted molar refractivity (Wildman–Crippen MR) is 109 cm³/mol. The first kappa shape index (κ1) is 19.8. The molecule has 1 amide bonds. The molecule has 1 aliphatic rings. The summed E-state index contributed by atoms with van der Waals surface area (Å²) in [5.74, 6) is -0.205. The molecule has 2 aromatic carbocycles. The van der Waals surface area contributed by atoms with Crippen LogP contribution in [0.1, 0.15) is 34.8 Å². The number of amides is 1. The molecule has 28 heavy (non-hydrogen) atoms. The monoisotopic (exact) mass is 383 g/mol. The predicted octanol–water partition coefficient (Wildman–Crippen LogP) is 1.81. The van der Waals surface area contributed by atoms with Crippen LogP contribution in [0.4, 0.5) is 11.4 Å². The molecule has 0 unspecified atom stereocenters. The minimum Gasteiger partial charge on any atom is -0.378 e. The summed E-state index contributed by atoms with van der Waals surface area (Å²) in [5.41, 5.74) is 2.78. The fourth-order valence-corrected chi connectivity index (χ4v) is 3.71. The summed E-state index contributed by atoms with van der Waals surface area (Å²) in [7, 11) is 4.03. The number of hydrogen-bond acceptors (Lipinski definition) is 4. The highest BCUT2D eigenvalue weighted by atomic mass is 16.6. The quantitative estimate of drug-likeness (QED) is 0.565. The third kappa shape index (κ3) is 4.67. The van der Waals surface area contributed by atoms with Crippen LogP contribution in [0, 0.1) is 10.1 Å². The van der Waals surface area contributed by atoms with E-state index in [0.717, 1.165) is 18.8 Å². The van der Waals surface area contributed by atoms with Crippen LogP contribution in [-0.4, -0.2) is 44.6 Å². The number of hydrogen-bond donors (Lipinski definition) is 2. The smallest absolute Gasteiger partial charge is 0.269 e. The molecule has 1 fully saturated rings. The number of benzene rings is 2. The van der Waals surface area contributed by atoms with Gasteiger partial charge in [0.05, 0.1) is 24.6 Å². The molecule has 7 heteroatoms. The summed E-state index contributed by atoms with van der Waals surface area (Å²) >= 11 is 0. The molecule has 0 saturated carbocycles. The van der Waals surface area contributed by atoms with Crippen LogP contribution in [-0.2, 0) is 0 Å². The summed E-state index contributed by atoms with van der Waals surface area (Å²) in [6.07, 6.45) is 2.41. The Balaban J connectivity index is 1.70. The van der Waals surface area contributed by atoms with Gasteiger partial charge in [-0.3, -0.25) is 14.9 Å². The van der Waals surface area contributed by atoms with Crippen molar-refractivity contribution < 1.29 is 14.6 Å². The van der Waals surface area contributed by atoms with Gasteiger partial charge in [0.15, 0.2) is 0 Å². The number of rotatable bonds is 7. The molecule has 0 spiro atoms. The normalized spacial score (nSPS) is 15.2. The summed E-state index contributed by atoms with van der Waals surface area (Å²) < 4.78 is 0. The van der Waals surface area contributed by atoms with Crippen molar-refractivity contribution in [1.29, 1.82) is 0 Å². The van der Waals surface area contributed by atoms with Crippen LogP contribution in [0.5, 0.6) is 0 Å². The fourth-order valence-electron chi connectivity index (χ4n) is 3.71. The molecule has 0 radical (unpaired) electrons. The van der Waals surface area contributed by atoms with Crippen LogP contribution in [0.2, 0.25) is 0 Å². The van der Waals surface area contributed by atoms with Crippen molar-refractivity contribution >= 4 is 17.3 Å². The highest BCUT2D eigenvalue weighted by Gasteiger charge is 2.28. The van der Waals surface area contributed by atoms with E-state index in [-0.39, 0.29) is 17.6 Å². The first-order valence-electron chi connectivity index (χ1n) is 9.60. The Morgan fingerprint density at radius 2 is 1.71 bits per heavy atom. The number of likely N-dealkylation sites (tertiary alicyclic amines) is 1. The highest BCUT2D eigenvalue weighted by molar-refractivity contribution is 5.94. The van der Waals surface area contributed by atoms with Crippen LogP contribution in [0.25, 0.3) is 0 Å². The molecule has 1 atom stereocenters. The fraction of sp³-hybridized carbons (Fsp3) is 0.381. The van der Waals surface area contributed by atoms with Crippen molar-refractivity contribution in [2.24, 2.45) is 0 Å². The second kappa shape index (κ2) is 8.84. The second-order valence-corrected chi connectivity index (χ2v) is 7.42. The van der Waals surface area contributed by atoms with Gasteiger partial charge in [0.1, 0.15) is 6.04 Å². The molecule has 2 N–H and O–H groups in total. The van der Waals surface area contributed by atoms with E-state index in [2.05, 4.69) is 34.5 Å². The highest BCUT2D eigenvalue weighted by Crippen LogP contribution is 2.17. The lowest BCUT2D eigenvalue weighted by molar-refractivity contribution is -0.918. The summed E-state index contributed by atoms with van der Waals surface area (Å²) in [5, 5.41) is 13.8. The topological polar surface area (TPSA) is 79.9 Å². The van der Waals surface area contributed by atoms with E-state index in [4.69, 9.17) is 0 Å². The van der Waals surface area contributed by atoms with E-state index in [1.807, 2.05) is 14.1 Å². The number of non-ortho nitro benzene ring substituents is 1. The minimum atomic E-state index is -0.466. The average Bonchev–Trinajstić information content (AvgIpc) is 3.23. The van der Waals surface area contributed by atoms with Crippen molar-refractivity contribution in [2.45, 2.75) is 18.9 Å². The maximum Gasteiger partial charge on any atom is 0.269 e. The van der Waals surface area contributed by atoms with Gasteiger partial charge in [-0.1, -0.05) is 12.1 Å². The molecule has 0 bridgehead atoms. The van der Waals surface area contributed by atoms with E-state index in [0.29, 0.717) is 12.1 Å². The van der Waals surface area contributed by atoms with Crippen molar-refractivity contribution in [3.8, 4) is 0 Å². The molecule has 0 aromatic heterocycles. The van der Waals surface area contributed by atoms with Crippen LogP contribution in [0.15, 0.2) is 48.5 Å². The van der Waals surface area contributed by atoms with Gasteiger partial charge in [-0.05, 0) is 24.3 Å². The molecule has 1 saturated heterocycles. The molecule has 2 aromatic rings. The number of quaternary nitrogens is 1. The average molecular weight is 383 g/mol. The van der Waals surface area contributed by atoms with Gasteiger partial charge in [-0.15, -0.1) is 0 Å². The Bertz CT molecular complexity index is 813. The zero-order valence-corrected chi connectivity index (χ0v) is 16.4. The van der Waals surface area contributed by atoms with Gasteiger partial charge < -0.3 is 15.1 Å². The summed E-state index contributed by atoms with van der Waals surface area (Å²) in [4.78, 5) is 26.4. The SMILES string of the molecule is CN(C)c1ccc([C@@H](CNC(=O)c2ccc([N+](=O)[O-])cc2)[NH+]2CCCC2)cc1. The Morgan fingerprint density at radius 3 is 2.25 bits per heavy atom. The Morgan fingerprint density at radius 1 is 1.11 bits per heavy atom. The Hall–Kier alpha value is -2.93. The van der Waals surface area contributed by atoms with Crippen LogP contribution < -0.4 is 15.1 Å². The molecule has 148 valence electrons. The van der Waals surface area contributed by atoms with Gasteiger partial charge in [-0.2, -0.15) is 0 Å². The summed E-state index contributed by atoms with van der Waals surface area (Å²) in [6, 6.07) is 14.4. The van der Waals surface area contributed by atoms with Crippen molar-refractivity contribution in [1.82, 2.24) is 5.32 Å². The van der Waals surface area contributed by atoms with Crippen molar-refractivity contribution in [3.63, 3.8) is 0 Å². The van der Waals surface area contributed by atoms with Crippen molar-refractivity contribution in [3.05, 3.63) is 69.8 Å². The number of nitrogens with one attached hydrogen (secondary N) is 2. The number of carbonyl (C=O) groups is 1. The van der Waals surface area contributed by atoms with Gasteiger partial charge in [0, 0.05) is 55.9 Å². The first-order valence-corrected chi connectivity index (χ1v) is 9.60. The number of nitrogens with zero attached hydrogens (tertiary/aromatic N) is 2. The number of carbonyl (C=O) groups excluding carboxylic acids is 1. The molecule has 0 aliphatic carbocycles.